The van der Waals surface area contributed by atoms with E-state index in [1.54, 1.807) is 11.1 Å². The molecule has 2 aromatic carbocycles. The summed E-state index contributed by atoms with van der Waals surface area (Å²) in [5.74, 6) is 9.05. The average molecular weight is 728 g/mol. The minimum Gasteiger partial charge on any atom is -0.358 e. The fourth-order valence-corrected chi connectivity index (χ4v) is 11.8. The van der Waals surface area contributed by atoms with Crippen molar-refractivity contribution in [1.82, 2.24) is 0 Å². The molecule has 0 aliphatic heterocycles. The Morgan fingerprint density at radius 3 is 1.35 bits per heavy atom. The van der Waals surface area contributed by atoms with Crippen LogP contribution in [0.4, 0.5) is 0 Å². The molecule has 48 heavy (non-hydrogen) atoms. The Hall–Kier alpha value is -1.50. The fourth-order valence-electron chi connectivity index (χ4n) is 7.67. The zero-order chi connectivity index (χ0) is 32.5. The quantitative estimate of drug-likeness (QED) is 0.212. The van der Waals surface area contributed by atoms with Crippen LogP contribution in [0.15, 0.2) is 85.0 Å². The molecule has 0 N–H and O–H groups in total. The third kappa shape index (κ3) is 7.42. The van der Waals surface area contributed by atoms with Gasteiger partial charge in [-0.1, -0.05) is 160 Å². The zero-order valence-corrected chi connectivity index (χ0v) is 35.3. The molecule has 0 heterocycles. The van der Waals surface area contributed by atoms with Crippen LogP contribution in [0.25, 0.3) is 11.1 Å². The van der Waals surface area contributed by atoms with Gasteiger partial charge in [-0.15, -0.1) is 0 Å². The number of hydrogen-bond donors (Lipinski definition) is 0. The van der Waals surface area contributed by atoms with E-state index in [4.69, 9.17) is 0 Å². The SMILES string of the molecule is C[C]1[CH][C]2[C](C=CC=C2c2ccc(C(C)(C)C)cc2)[C]1[Si](C)(C)[C]1[C]2C=CC=C(c3ccc(C(C)(C)C)cc3)[C]2[CH][C]1C(C)C.[CH3-].[CH3-].[Zr+4]. The summed E-state index contributed by atoms with van der Waals surface area (Å²) in [5, 5.41) is 0. The molecule has 0 nitrogen and oxygen atoms in total. The molecule has 10 radical (unpaired) electrons. The molecule has 4 aliphatic rings. The van der Waals surface area contributed by atoms with Crippen molar-refractivity contribution in [1.29, 1.82) is 0 Å². The Labute approximate surface area is 317 Å². The smallest absolute Gasteiger partial charge is 0.358 e. The van der Waals surface area contributed by atoms with Crippen molar-refractivity contribution in [3.8, 4) is 0 Å². The zero-order valence-electron chi connectivity index (χ0n) is 31.8. The van der Waals surface area contributed by atoms with E-state index >= 15 is 0 Å². The minimum atomic E-state index is -2.15. The molecular formula is C46H56SiZr+2. The van der Waals surface area contributed by atoms with Crippen molar-refractivity contribution in [2.45, 2.75) is 86.2 Å². The van der Waals surface area contributed by atoms with Crippen molar-refractivity contribution in [2.75, 3.05) is 0 Å². The van der Waals surface area contributed by atoms with E-state index in [2.05, 4.69) is 173 Å². The third-order valence-corrected chi connectivity index (χ3v) is 13.8. The molecule has 6 rings (SSSR count). The maximum Gasteiger partial charge on any atom is 4.00 e. The van der Waals surface area contributed by atoms with Gasteiger partial charge >= 0.3 is 26.2 Å². The summed E-state index contributed by atoms with van der Waals surface area (Å²) < 4.78 is 0. The maximum absolute atomic E-state index is 2.59. The Morgan fingerprint density at radius 2 is 0.958 bits per heavy atom. The van der Waals surface area contributed by atoms with E-state index in [9.17, 15) is 0 Å². The van der Waals surface area contributed by atoms with Crippen LogP contribution in [-0.2, 0) is 37.0 Å². The van der Waals surface area contributed by atoms with Crippen LogP contribution < -0.4 is 0 Å². The third-order valence-electron chi connectivity index (χ3n) is 10.1. The van der Waals surface area contributed by atoms with Crippen molar-refractivity contribution in [3.63, 3.8) is 0 Å². The predicted molar refractivity (Wildman–Crippen MR) is 210 cm³/mol. The molecule has 0 aromatic heterocycles. The van der Waals surface area contributed by atoms with E-state index in [1.165, 1.54) is 68.9 Å². The van der Waals surface area contributed by atoms with E-state index in [0.29, 0.717) is 5.92 Å². The molecule has 4 aliphatic carbocycles. The molecule has 0 saturated heterocycles. The molecule has 0 amide bonds. The first-order valence-corrected chi connectivity index (χ1v) is 19.7. The van der Waals surface area contributed by atoms with Crippen molar-refractivity contribution in [2.24, 2.45) is 5.92 Å². The summed E-state index contributed by atoms with van der Waals surface area (Å²) in [4.78, 5) is 0. The van der Waals surface area contributed by atoms with E-state index in [1.807, 2.05) is 0 Å². The van der Waals surface area contributed by atoms with Gasteiger partial charge in [0.2, 0.25) is 0 Å². The first-order chi connectivity index (χ1) is 21.1. The molecule has 2 fully saturated rings. The minimum absolute atomic E-state index is 0. The van der Waals surface area contributed by atoms with Gasteiger partial charge in [0.05, 0.1) is 8.07 Å². The molecule has 2 aromatic rings. The molecule has 246 valence electrons. The average Bonchev–Trinajstić information content (AvgIpc) is 3.55. The molecule has 2 saturated carbocycles. The van der Waals surface area contributed by atoms with E-state index in [-0.39, 0.29) is 51.9 Å². The monoisotopic (exact) mass is 726 g/mol. The molecular weight excluding hydrogens is 672 g/mol. The second kappa shape index (κ2) is 15.0. The van der Waals surface area contributed by atoms with Crippen LogP contribution in [0.5, 0.6) is 0 Å². The summed E-state index contributed by atoms with van der Waals surface area (Å²) in [6.07, 6.45) is 18.9. The maximum atomic E-state index is 2.59. The van der Waals surface area contributed by atoms with Gasteiger partial charge in [0.25, 0.3) is 0 Å². The van der Waals surface area contributed by atoms with Gasteiger partial charge < -0.3 is 14.9 Å². The molecule has 2 heteroatoms. The van der Waals surface area contributed by atoms with Crippen LogP contribution in [0.3, 0.4) is 0 Å². The standard InChI is InChI=1S/C44H50Si.2CH3.Zr/c1-28(2)38-27-40-35(31-20-24-33(25-21-31)44(7,8)9)15-13-17-37(40)42(38)45(10,11)41-29(3)26-39-34(14-12-16-36(39)41)30-18-22-32(23-19-30)43(4,5)6;;;/h12-28H,1-11H3;2*1H3;/q;2*-1;+4. The summed E-state index contributed by atoms with van der Waals surface area (Å²) in [6, 6.07) is 18.5. The molecule has 0 spiro atoms. The summed E-state index contributed by atoms with van der Waals surface area (Å²) in [6.45, 7) is 26.0. The number of rotatable bonds is 5. The van der Waals surface area contributed by atoms with Gasteiger partial charge in [-0.3, -0.25) is 0 Å². The van der Waals surface area contributed by atoms with Gasteiger partial charge in [-0.05, 0) is 85.9 Å². The first kappa shape index (κ1) is 40.9. The van der Waals surface area contributed by atoms with Gasteiger partial charge in [-0.25, -0.2) is 0 Å². The van der Waals surface area contributed by atoms with Crippen LogP contribution in [0, 0.1) is 80.2 Å². The predicted octanol–water partition coefficient (Wildman–Crippen LogP) is 12.3. The number of hydrogen-bond acceptors (Lipinski definition) is 0. The number of benzene rings is 2. The summed E-state index contributed by atoms with van der Waals surface area (Å²) >= 11 is 0. The normalized spacial score (nSPS) is 20.6. The van der Waals surface area contributed by atoms with Crippen LogP contribution in [0.2, 0.25) is 13.1 Å². The van der Waals surface area contributed by atoms with Crippen molar-refractivity contribution >= 4 is 19.2 Å². The number of fused-ring (bicyclic) bond motifs is 2. The topological polar surface area (TPSA) is 0 Å². The largest absolute Gasteiger partial charge is 4.00 e. The first-order valence-electron chi connectivity index (χ1n) is 16.7. The number of allylic oxidation sites excluding steroid dienone is 8. The van der Waals surface area contributed by atoms with E-state index < -0.39 is 8.07 Å². The van der Waals surface area contributed by atoms with Gasteiger partial charge in [-0.2, -0.15) is 0 Å². The van der Waals surface area contributed by atoms with Crippen LogP contribution >= 0.6 is 0 Å². The Kier molecular flexibility index (Phi) is 12.8. The molecule has 0 atom stereocenters. The Balaban J connectivity index is 0.00000208. The van der Waals surface area contributed by atoms with Crippen LogP contribution in [-0.4, -0.2) is 8.07 Å². The van der Waals surface area contributed by atoms with Gasteiger partial charge in [0.15, 0.2) is 0 Å². The Bertz CT molecular complexity index is 1500. The molecule has 0 bridgehead atoms. The van der Waals surface area contributed by atoms with E-state index in [0.717, 1.165) is 0 Å². The van der Waals surface area contributed by atoms with Gasteiger partial charge in [0.1, 0.15) is 0 Å². The van der Waals surface area contributed by atoms with Crippen molar-refractivity contribution in [3.05, 3.63) is 182 Å². The summed E-state index contributed by atoms with van der Waals surface area (Å²) in [7, 11) is -2.15. The fraction of sp³-hybridized carbons (Fsp3) is 0.304. The summed E-state index contributed by atoms with van der Waals surface area (Å²) in [5.41, 5.74) is 11.5. The second-order valence-electron chi connectivity index (χ2n) is 16.1. The second-order valence-corrected chi connectivity index (χ2v) is 20.4. The van der Waals surface area contributed by atoms with Crippen molar-refractivity contribution < 1.29 is 26.2 Å². The van der Waals surface area contributed by atoms with Gasteiger partial charge in [0, 0.05) is 23.7 Å². The van der Waals surface area contributed by atoms with Crippen LogP contribution in [0.1, 0.15) is 84.6 Å². The molecule has 0 unspecified atom stereocenters. The Morgan fingerprint density at radius 1 is 0.562 bits per heavy atom.